The fourth-order valence-electron chi connectivity index (χ4n) is 2.94. The van der Waals surface area contributed by atoms with E-state index in [1.54, 1.807) is 23.5 Å². The number of amides is 1. The van der Waals surface area contributed by atoms with Gasteiger partial charge in [-0.3, -0.25) is 4.79 Å². The third kappa shape index (κ3) is 3.13. The van der Waals surface area contributed by atoms with Gasteiger partial charge in [0.1, 0.15) is 5.75 Å². The van der Waals surface area contributed by atoms with Crippen molar-refractivity contribution in [3.8, 4) is 16.9 Å². The summed E-state index contributed by atoms with van der Waals surface area (Å²) in [6.07, 6.45) is 1.83. The summed E-state index contributed by atoms with van der Waals surface area (Å²) in [5.74, 6) is 0.0116. The number of fused-ring (bicyclic) bond motifs is 1. The fourth-order valence-corrected chi connectivity index (χ4v) is 4.87. The molecule has 1 aromatic heterocycles. The second kappa shape index (κ2) is 6.68. The summed E-state index contributed by atoms with van der Waals surface area (Å²) in [5, 5.41) is 14.9. The van der Waals surface area contributed by atoms with E-state index in [2.05, 4.69) is 55.5 Å². The molecule has 4 rings (SSSR count). The minimum Gasteiger partial charge on any atom is -0.506 e. The van der Waals surface area contributed by atoms with Crippen LogP contribution in [0.2, 0.25) is 0 Å². The summed E-state index contributed by atoms with van der Waals surface area (Å²) in [6, 6.07) is 11.7. The van der Waals surface area contributed by atoms with Crippen molar-refractivity contribution in [1.82, 2.24) is 0 Å². The van der Waals surface area contributed by atoms with Gasteiger partial charge < -0.3 is 10.4 Å². The van der Waals surface area contributed by atoms with Crippen molar-refractivity contribution in [3.63, 3.8) is 0 Å². The minimum atomic E-state index is -0.126. The van der Waals surface area contributed by atoms with Gasteiger partial charge in [-0.2, -0.15) is 0 Å². The van der Waals surface area contributed by atoms with Crippen LogP contribution in [-0.2, 0) is 4.79 Å². The molecule has 2 aromatic carbocycles. The van der Waals surface area contributed by atoms with Crippen molar-refractivity contribution in [2.24, 2.45) is 0 Å². The summed E-state index contributed by atoms with van der Waals surface area (Å²) in [6.45, 7) is 2.08. The van der Waals surface area contributed by atoms with Gasteiger partial charge in [0.2, 0.25) is 0 Å². The molecule has 3 aromatic rings. The molecule has 0 atom stereocenters. The van der Waals surface area contributed by atoms with E-state index in [0.717, 1.165) is 27.9 Å². The minimum absolute atomic E-state index is 0.126. The molecule has 0 radical (unpaired) electrons. The fraction of sp³-hybridized carbons (Fsp3) is 0.0500. The molecule has 1 aliphatic rings. The normalized spacial score (nSPS) is 14.6. The first-order valence-corrected chi connectivity index (χ1v) is 10.3. The van der Waals surface area contributed by atoms with Gasteiger partial charge in [0.15, 0.2) is 0 Å². The van der Waals surface area contributed by atoms with Crippen LogP contribution in [0.4, 0.5) is 5.69 Å². The number of aryl methyl sites for hydroxylation is 1. The lowest BCUT2D eigenvalue weighted by molar-refractivity contribution is -0.110. The summed E-state index contributed by atoms with van der Waals surface area (Å²) in [4.78, 5) is 13.7. The zero-order valence-corrected chi connectivity index (χ0v) is 17.6. The van der Waals surface area contributed by atoms with Crippen molar-refractivity contribution in [2.75, 3.05) is 5.32 Å². The quantitative estimate of drug-likeness (QED) is 0.405. The third-order valence-corrected chi connectivity index (χ3v) is 6.29. The molecule has 0 saturated carbocycles. The van der Waals surface area contributed by atoms with E-state index in [9.17, 15) is 9.90 Å². The molecule has 0 saturated heterocycles. The molecule has 6 heteroatoms. The molecule has 0 aliphatic carbocycles. The molecule has 130 valence electrons. The molecular formula is C20H13Br2NO2S. The van der Waals surface area contributed by atoms with Crippen molar-refractivity contribution >= 4 is 66.4 Å². The average Bonchev–Trinajstić information content (AvgIpc) is 3.16. The SMILES string of the molecule is Cc1cc(-c2ccc3c(c2)/C(=C/c2cc(Br)c(O)c(Br)c2)C(=O)N3)cs1. The van der Waals surface area contributed by atoms with Gasteiger partial charge in [-0.15, -0.1) is 11.3 Å². The van der Waals surface area contributed by atoms with Crippen molar-refractivity contribution < 1.29 is 9.90 Å². The number of hydrogen-bond donors (Lipinski definition) is 2. The van der Waals surface area contributed by atoms with Gasteiger partial charge in [-0.25, -0.2) is 0 Å². The number of phenols is 1. The molecule has 1 amide bonds. The zero-order valence-electron chi connectivity index (χ0n) is 13.6. The van der Waals surface area contributed by atoms with E-state index < -0.39 is 0 Å². The first kappa shape index (κ1) is 17.5. The highest BCUT2D eigenvalue weighted by Gasteiger charge is 2.24. The first-order chi connectivity index (χ1) is 12.4. The maximum Gasteiger partial charge on any atom is 0.256 e. The monoisotopic (exact) mass is 489 g/mol. The van der Waals surface area contributed by atoms with Crippen LogP contribution in [0.15, 0.2) is 50.7 Å². The van der Waals surface area contributed by atoms with Gasteiger partial charge in [-0.1, -0.05) is 6.07 Å². The van der Waals surface area contributed by atoms with Gasteiger partial charge in [0.25, 0.3) is 5.91 Å². The number of phenolic OH excluding ortho intramolecular Hbond substituents is 1. The second-order valence-corrected chi connectivity index (χ2v) is 8.88. The van der Waals surface area contributed by atoms with Gasteiger partial charge in [0, 0.05) is 21.7 Å². The number of carbonyl (C=O) groups is 1. The smallest absolute Gasteiger partial charge is 0.256 e. The Bertz CT molecular complexity index is 1060. The van der Waals surface area contributed by atoms with Gasteiger partial charge in [0.05, 0.1) is 8.95 Å². The molecular weight excluding hydrogens is 478 g/mol. The van der Waals surface area contributed by atoms with E-state index in [1.165, 1.54) is 4.88 Å². The van der Waals surface area contributed by atoms with Crippen LogP contribution in [0.25, 0.3) is 22.8 Å². The number of benzene rings is 2. The lowest BCUT2D eigenvalue weighted by atomic mass is 9.99. The van der Waals surface area contributed by atoms with Crippen molar-refractivity contribution in [1.29, 1.82) is 0 Å². The maximum absolute atomic E-state index is 12.5. The van der Waals surface area contributed by atoms with Crippen LogP contribution in [0.1, 0.15) is 16.0 Å². The van der Waals surface area contributed by atoms with Crippen molar-refractivity contribution in [2.45, 2.75) is 6.92 Å². The number of aromatic hydroxyl groups is 1. The standard InChI is InChI=1S/C20H13Br2NO2S/c1-10-4-13(9-26-10)12-2-3-18-14(8-12)15(20(25)23-18)5-11-6-16(21)19(24)17(22)7-11/h2-9,24H,1H3,(H,23,25)/b15-5-. The Morgan fingerprint density at radius 1 is 1.08 bits per heavy atom. The van der Waals surface area contributed by atoms with Crippen LogP contribution >= 0.6 is 43.2 Å². The Hall–Kier alpha value is -1.89. The number of hydrogen-bond acceptors (Lipinski definition) is 3. The molecule has 26 heavy (non-hydrogen) atoms. The van der Waals surface area contributed by atoms with Crippen LogP contribution in [0, 0.1) is 6.92 Å². The summed E-state index contributed by atoms with van der Waals surface area (Å²) >= 11 is 8.37. The summed E-state index contributed by atoms with van der Waals surface area (Å²) < 4.78 is 1.14. The topological polar surface area (TPSA) is 49.3 Å². The Kier molecular flexibility index (Phi) is 4.50. The van der Waals surface area contributed by atoms with E-state index in [1.807, 2.05) is 24.3 Å². The molecule has 3 nitrogen and oxygen atoms in total. The average molecular weight is 491 g/mol. The lowest BCUT2D eigenvalue weighted by Crippen LogP contribution is -2.03. The Labute approximate surface area is 171 Å². The molecule has 0 unspecified atom stereocenters. The Morgan fingerprint density at radius 2 is 1.81 bits per heavy atom. The van der Waals surface area contributed by atoms with E-state index >= 15 is 0 Å². The van der Waals surface area contributed by atoms with E-state index in [4.69, 9.17) is 0 Å². The molecule has 0 bridgehead atoms. The predicted molar refractivity (Wildman–Crippen MR) is 114 cm³/mol. The summed E-state index contributed by atoms with van der Waals surface area (Å²) in [5.41, 5.74) is 5.37. The lowest BCUT2D eigenvalue weighted by Gasteiger charge is -2.05. The maximum atomic E-state index is 12.5. The van der Waals surface area contributed by atoms with Crippen LogP contribution in [0.5, 0.6) is 5.75 Å². The number of rotatable bonds is 2. The Balaban J connectivity index is 1.81. The molecule has 2 N–H and O–H groups in total. The number of carbonyl (C=O) groups excluding carboxylic acids is 1. The first-order valence-electron chi connectivity index (χ1n) is 7.83. The van der Waals surface area contributed by atoms with Crippen LogP contribution in [0.3, 0.4) is 0 Å². The van der Waals surface area contributed by atoms with E-state index in [0.29, 0.717) is 14.5 Å². The highest BCUT2D eigenvalue weighted by atomic mass is 79.9. The third-order valence-electron chi connectivity index (χ3n) is 4.22. The predicted octanol–water partition coefficient (Wildman–Crippen LogP) is 6.45. The highest BCUT2D eigenvalue weighted by molar-refractivity contribution is 9.11. The number of nitrogens with one attached hydrogen (secondary N) is 1. The molecule has 2 heterocycles. The molecule has 1 aliphatic heterocycles. The van der Waals surface area contributed by atoms with Crippen LogP contribution < -0.4 is 5.32 Å². The summed E-state index contributed by atoms with van der Waals surface area (Å²) in [7, 11) is 0. The van der Waals surface area contributed by atoms with Crippen molar-refractivity contribution in [3.05, 3.63) is 66.7 Å². The zero-order chi connectivity index (χ0) is 18.4. The number of halogens is 2. The second-order valence-electron chi connectivity index (χ2n) is 6.05. The van der Waals surface area contributed by atoms with Crippen LogP contribution in [-0.4, -0.2) is 11.0 Å². The van der Waals surface area contributed by atoms with Gasteiger partial charge in [-0.05, 0) is 97.3 Å². The van der Waals surface area contributed by atoms with Gasteiger partial charge >= 0.3 is 0 Å². The number of anilines is 1. The highest BCUT2D eigenvalue weighted by Crippen LogP contribution is 2.39. The molecule has 0 spiro atoms. The Morgan fingerprint density at radius 3 is 2.46 bits per heavy atom. The molecule has 0 fully saturated rings. The van der Waals surface area contributed by atoms with E-state index in [-0.39, 0.29) is 11.7 Å². The largest absolute Gasteiger partial charge is 0.506 e. The number of thiophene rings is 1.